The maximum Gasteiger partial charge on any atom is 0.142 e. The lowest BCUT2D eigenvalue weighted by Gasteiger charge is -2.02. The van der Waals surface area contributed by atoms with E-state index in [0.717, 1.165) is 11.1 Å². The number of rotatable bonds is 3. The molecule has 3 aromatic carbocycles. The van der Waals surface area contributed by atoms with E-state index in [0.29, 0.717) is 11.3 Å². The van der Waals surface area contributed by atoms with Crippen LogP contribution >= 0.6 is 0 Å². The van der Waals surface area contributed by atoms with Gasteiger partial charge in [0.2, 0.25) is 0 Å². The summed E-state index contributed by atoms with van der Waals surface area (Å²) in [6, 6.07) is 16.3. The number of benzene rings is 3. The summed E-state index contributed by atoms with van der Waals surface area (Å²) in [4.78, 5) is 0. The third kappa shape index (κ3) is 2.69. The summed E-state index contributed by atoms with van der Waals surface area (Å²) in [7, 11) is 0. The minimum atomic E-state index is -0.478. The third-order valence-electron chi connectivity index (χ3n) is 3.50. The molecule has 0 aliphatic carbocycles. The van der Waals surface area contributed by atoms with Gasteiger partial charge in [-0.15, -0.1) is 0 Å². The summed E-state index contributed by atoms with van der Waals surface area (Å²) >= 11 is 0. The lowest BCUT2D eigenvalue weighted by molar-refractivity contribution is 0.598. The molecule has 1 heteroatoms. The Balaban J connectivity index is 2.07. The quantitative estimate of drug-likeness (QED) is 0.434. The Hall–Kier alpha value is -3.06. The summed E-state index contributed by atoms with van der Waals surface area (Å²) in [6.45, 7) is 0. The van der Waals surface area contributed by atoms with Gasteiger partial charge in [0, 0.05) is 16.7 Å². The Morgan fingerprint density at radius 1 is 0.652 bits per heavy atom. The first-order chi connectivity index (χ1) is 13.9. The van der Waals surface area contributed by atoms with Crippen LogP contribution in [0.15, 0.2) is 101 Å². The predicted octanol–water partition coefficient (Wildman–Crippen LogP) is 6.28. The van der Waals surface area contributed by atoms with E-state index in [1.54, 1.807) is 0 Å². The largest absolute Gasteiger partial charge is 0.455 e. The highest BCUT2D eigenvalue weighted by Crippen LogP contribution is 2.38. The lowest BCUT2D eigenvalue weighted by atomic mass is 10.0. The summed E-state index contributed by atoms with van der Waals surface area (Å²) in [5.41, 5.74) is 1.89. The van der Waals surface area contributed by atoms with Crippen LogP contribution in [0.3, 0.4) is 0 Å². The van der Waals surface area contributed by atoms with Crippen LogP contribution in [0.5, 0.6) is 0 Å². The summed E-state index contributed by atoms with van der Waals surface area (Å²) < 4.78 is 54.9. The zero-order valence-electron chi connectivity index (χ0n) is 18.2. The average molecular weight is 302 g/mol. The zero-order valence-corrected chi connectivity index (χ0v) is 12.2. The van der Waals surface area contributed by atoms with Crippen molar-refractivity contribution in [3.63, 3.8) is 0 Å². The van der Waals surface area contributed by atoms with Crippen molar-refractivity contribution in [2.24, 2.45) is 0 Å². The normalized spacial score (nSPS) is 14.3. The SMILES string of the molecule is [2H]c1c([2H])c([2H])c(-c2oc(-c3ccccc3)c(-c3ccccc3)c2[2H])c([2H])c1[2H]. The second-order valence-corrected chi connectivity index (χ2v) is 4.99. The molecule has 0 fully saturated rings. The molecular formula is C22H16O. The fraction of sp³-hybridized carbons (Fsp3) is 0. The predicted molar refractivity (Wildman–Crippen MR) is 95.0 cm³/mol. The standard InChI is InChI=1S/C22H16O/c1-4-10-17(11-5-1)20-16-21(18-12-6-2-7-13-18)23-22(20)19-14-8-3-9-15-19/h1-16H/i2D,6D,7D,12D,13D,16D. The average Bonchev–Trinajstić information content (AvgIpc) is 3.09. The molecule has 0 aliphatic rings. The highest BCUT2D eigenvalue weighted by molar-refractivity contribution is 5.83. The molecular weight excluding hydrogens is 280 g/mol. The summed E-state index contributed by atoms with van der Waals surface area (Å²) in [5.74, 6) is 0.378. The molecule has 0 saturated heterocycles. The minimum absolute atomic E-state index is 0.0198. The van der Waals surface area contributed by atoms with Gasteiger partial charge in [-0.05, 0) is 11.6 Å². The van der Waals surface area contributed by atoms with Gasteiger partial charge < -0.3 is 4.42 Å². The lowest BCUT2D eigenvalue weighted by Crippen LogP contribution is -1.78. The Morgan fingerprint density at radius 3 is 1.91 bits per heavy atom. The van der Waals surface area contributed by atoms with Crippen molar-refractivity contribution >= 4 is 0 Å². The van der Waals surface area contributed by atoms with Gasteiger partial charge in [-0.1, -0.05) is 90.9 Å². The molecule has 4 rings (SSSR count). The molecule has 0 radical (unpaired) electrons. The number of furan rings is 1. The topological polar surface area (TPSA) is 13.1 Å². The molecule has 110 valence electrons. The van der Waals surface area contributed by atoms with Crippen molar-refractivity contribution in [3.8, 4) is 33.8 Å². The second-order valence-electron chi connectivity index (χ2n) is 4.99. The molecule has 0 spiro atoms. The molecule has 0 saturated carbocycles. The van der Waals surface area contributed by atoms with Crippen molar-refractivity contribution in [1.82, 2.24) is 0 Å². The van der Waals surface area contributed by atoms with E-state index in [-0.39, 0.29) is 17.4 Å². The van der Waals surface area contributed by atoms with Gasteiger partial charge in [-0.25, -0.2) is 0 Å². The van der Waals surface area contributed by atoms with E-state index >= 15 is 0 Å². The van der Waals surface area contributed by atoms with Crippen molar-refractivity contribution in [1.29, 1.82) is 0 Å². The minimum Gasteiger partial charge on any atom is -0.455 e. The van der Waals surface area contributed by atoms with Crippen LogP contribution in [0.25, 0.3) is 33.8 Å². The molecule has 0 amide bonds. The van der Waals surface area contributed by atoms with Gasteiger partial charge >= 0.3 is 0 Å². The van der Waals surface area contributed by atoms with E-state index in [4.69, 9.17) is 12.6 Å². The van der Waals surface area contributed by atoms with E-state index in [2.05, 4.69) is 0 Å². The molecule has 0 atom stereocenters. The Kier molecular flexibility index (Phi) is 2.22. The van der Waals surface area contributed by atoms with Gasteiger partial charge in [-0.2, -0.15) is 0 Å². The number of hydrogen-bond acceptors (Lipinski definition) is 1. The van der Waals surface area contributed by atoms with Crippen LogP contribution in [0.4, 0.5) is 0 Å². The summed E-state index contributed by atoms with van der Waals surface area (Å²) in [5, 5.41) is 0. The van der Waals surface area contributed by atoms with Crippen molar-refractivity contribution in [3.05, 3.63) is 96.9 Å². The summed E-state index contributed by atoms with van der Waals surface area (Å²) in [6.07, 6.45) is 0. The van der Waals surface area contributed by atoms with Crippen LogP contribution < -0.4 is 0 Å². The molecule has 1 aromatic heterocycles. The first-order valence-corrected chi connectivity index (χ1v) is 7.23. The smallest absolute Gasteiger partial charge is 0.142 e. The molecule has 0 unspecified atom stereocenters. The Labute approximate surface area is 144 Å². The molecule has 1 nitrogen and oxygen atoms in total. The third-order valence-corrected chi connectivity index (χ3v) is 3.50. The van der Waals surface area contributed by atoms with Gasteiger partial charge in [0.05, 0.1) is 8.22 Å². The zero-order chi connectivity index (χ0) is 20.7. The molecule has 0 N–H and O–H groups in total. The first-order valence-electron chi connectivity index (χ1n) is 10.2. The maximum atomic E-state index is 8.75. The Morgan fingerprint density at radius 2 is 1.26 bits per heavy atom. The van der Waals surface area contributed by atoms with Crippen LogP contribution in [0.2, 0.25) is 0 Å². The fourth-order valence-electron chi connectivity index (χ4n) is 2.43. The second kappa shape index (κ2) is 5.98. The van der Waals surface area contributed by atoms with E-state index in [9.17, 15) is 0 Å². The Bertz CT molecular complexity index is 1170. The van der Waals surface area contributed by atoms with Gasteiger partial charge in [-0.3, -0.25) is 0 Å². The van der Waals surface area contributed by atoms with Gasteiger partial charge in [0.1, 0.15) is 11.5 Å². The van der Waals surface area contributed by atoms with Crippen molar-refractivity contribution < 1.29 is 12.6 Å². The fourth-order valence-corrected chi connectivity index (χ4v) is 2.43. The van der Waals surface area contributed by atoms with E-state index in [1.807, 2.05) is 60.7 Å². The van der Waals surface area contributed by atoms with Crippen LogP contribution in [-0.2, 0) is 0 Å². The van der Waals surface area contributed by atoms with E-state index in [1.165, 1.54) is 0 Å². The highest BCUT2D eigenvalue weighted by atomic mass is 16.3. The molecule has 0 aliphatic heterocycles. The van der Waals surface area contributed by atoms with Gasteiger partial charge in [0.25, 0.3) is 0 Å². The molecule has 23 heavy (non-hydrogen) atoms. The van der Waals surface area contributed by atoms with Crippen molar-refractivity contribution in [2.45, 2.75) is 0 Å². The highest BCUT2D eigenvalue weighted by Gasteiger charge is 2.15. The maximum absolute atomic E-state index is 8.75. The monoisotopic (exact) mass is 302 g/mol. The molecule has 0 bridgehead atoms. The van der Waals surface area contributed by atoms with Crippen LogP contribution in [0, 0.1) is 0 Å². The van der Waals surface area contributed by atoms with Crippen LogP contribution in [-0.4, -0.2) is 0 Å². The van der Waals surface area contributed by atoms with Crippen LogP contribution in [0.1, 0.15) is 8.22 Å². The number of hydrogen-bond donors (Lipinski definition) is 0. The molecule has 1 heterocycles. The van der Waals surface area contributed by atoms with Crippen molar-refractivity contribution in [2.75, 3.05) is 0 Å². The van der Waals surface area contributed by atoms with Gasteiger partial charge in [0.15, 0.2) is 0 Å². The van der Waals surface area contributed by atoms with E-state index < -0.39 is 30.2 Å². The first kappa shape index (κ1) is 8.54. The molecule has 4 aromatic rings.